The molecule has 0 bridgehead atoms. The number of aliphatic hydroxyl groups is 1. The van der Waals surface area contributed by atoms with E-state index >= 15 is 0 Å². The summed E-state index contributed by atoms with van der Waals surface area (Å²) in [6.07, 6.45) is 0. The molecule has 0 fully saturated rings. The summed E-state index contributed by atoms with van der Waals surface area (Å²) in [7, 11) is 0. The van der Waals surface area contributed by atoms with Gasteiger partial charge in [-0.3, -0.25) is 0 Å². The third-order valence-electron chi connectivity index (χ3n) is 2.52. The number of benzene rings is 1. The summed E-state index contributed by atoms with van der Waals surface area (Å²) in [6, 6.07) is 7.77. The molecule has 0 aliphatic rings. The number of rotatable bonds is 6. The lowest BCUT2D eigenvalue weighted by molar-refractivity contribution is 0.282. The number of nitrogens with zero attached hydrogens (tertiary/aromatic N) is 3. The van der Waals surface area contributed by atoms with Gasteiger partial charge in [0.15, 0.2) is 0 Å². The van der Waals surface area contributed by atoms with Crippen LogP contribution in [0.25, 0.3) is 0 Å². The first-order valence-electron chi connectivity index (χ1n) is 6.18. The lowest BCUT2D eigenvalue weighted by Gasteiger charge is -2.07. The van der Waals surface area contributed by atoms with Crippen molar-refractivity contribution in [2.45, 2.75) is 20.1 Å². The minimum absolute atomic E-state index is 0.0362. The summed E-state index contributed by atoms with van der Waals surface area (Å²) in [5.41, 5.74) is 1.91. The molecule has 6 nitrogen and oxygen atoms in total. The Morgan fingerprint density at radius 3 is 2.50 bits per heavy atom. The van der Waals surface area contributed by atoms with Gasteiger partial charge < -0.3 is 15.2 Å². The molecule has 0 aliphatic heterocycles. The maximum Gasteiger partial charge on any atom is 0.322 e. The normalized spacial score (nSPS) is 10.3. The monoisotopic (exact) mass is 294 g/mol. The molecule has 0 radical (unpaired) electrons. The van der Waals surface area contributed by atoms with E-state index in [1.807, 2.05) is 31.2 Å². The van der Waals surface area contributed by atoms with Crippen LogP contribution in [-0.2, 0) is 13.2 Å². The van der Waals surface area contributed by atoms with Crippen molar-refractivity contribution in [1.82, 2.24) is 15.0 Å². The molecule has 1 aromatic heterocycles. The largest absolute Gasteiger partial charge is 0.464 e. The van der Waals surface area contributed by atoms with Gasteiger partial charge in [-0.1, -0.05) is 24.3 Å². The molecule has 7 heteroatoms. The number of nitrogens with one attached hydrogen (secondary N) is 1. The minimum Gasteiger partial charge on any atom is -0.464 e. The van der Waals surface area contributed by atoms with Gasteiger partial charge in [0.2, 0.25) is 11.2 Å². The van der Waals surface area contributed by atoms with Crippen molar-refractivity contribution in [3.63, 3.8) is 0 Å². The molecule has 0 saturated heterocycles. The van der Waals surface area contributed by atoms with E-state index in [2.05, 4.69) is 20.3 Å². The van der Waals surface area contributed by atoms with Crippen LogP contribution in [0.4, 0.5) is 5.95 Å². The van der Waals surface area contributed by atoms with Gasteiger partial charge in [-0.2, -0.15) is 15.0 Å². The Kier molecular flexibility index (Phi) is 5.09. The molecule has 106 valence electrons. The molecule has 2 rings (SSSR count). The molecular weight excluding hydrogens is 280 g/mol. The van der Waals surface area contributed by atoms with Crippen LogP contribution >= 0.6 is 11.6 Å². The molecule has 20 heavy (non-hydrogen) atoms. The predicted molar refractivity (Wildman–Crippen MR) is 75.7 cm³/mol. The Hall–Kier alpha value is -1.92. The van der Waals surface area contributed by atoms with Crippen LogP contribution in [0.5, 0.6) is 6.01 Å². The summed E-state index contributed by atoms with van der Waals surface area (Å²) in [4.78, 5) is 11.9. The summed E-state index contributed by atoms with van der Waals surface area (Å²) < 4.78 is 5.20. The average molecular weight is 295 g/mol. The lowest BCUT2D eigenvalue weighted by Crippen LogP contribution is -2.07. The van der Waals surface area contributed by atoms with Gasteiger partial charge in [-0.15, -0.1) is 0 Å². The van der Waals surface area contributed by atoms with E-state index in [0.717, 1.165) is 11.1 Å². The Bertz CT molecular complexity index is 563. The Balaban J connectivity index is 2.02. The first-order valence-corrected chi connectivity index (χ1v) is 6.56. The highest BCUT2D eigenvalue weighted by molar-refractivity contribution is 6.28. The molecular formula is C13H15ClN4O2. The van der Waals surface area contributed by atoms with Gasteiger partial charge in [-0.05, 0) is 29.7 Å². The zero-order valence-electron chi connectivity index (χ0n) is 11.0. The standard InChI is InChI=1S/C13H15ClN4O2/c1-2-20-13-17-11(14)16-12(18-13)15-7-9-3-5-10(8-19)6-4-9/h3-6,19H,2,7-8H2,1H3,(H,15,16,17,18). The van der Waals surface area contributed by atoms with Crippen molar-refractivity contribution in [3.05, 3.63) is 40.7 Å². The van der Waals surface area contributed by atoms with Crippen molar-refractivity contribution >= 4 is 17.5 Å². The number of hydrogen-bond donors (Lipinski definition) is 2. The number of ether oxygens (including phenoxy) is 1. The lowest BCUT2D eigenvalue weighted by atomic mass is 10.1. The van der Waals surface area contributed by atoms with Crippen LogP contribution in [-0.4, -0.2) is 26.7 Å². The molecule has 0 atom stereocenters. The second-order valence-electron chi connectivity index (χ2n) is 3.97. The second kappa shape index (κ2) is 7.02. The SMILES string of the molecule is CCOc1nc(Cl)nc(NCc2ccc(CO)cc2)n1. The van der Waals surface area contributed by atoms with Crippen molar-refractivity contribution < 1.29 is 9.84 Å². The predicted octanol–water partition coefficient (Wildman–Crippen LogP) is 2.03. The molecule has 0 unspecified atom stereocenters. The molecule has 1 aromatic carbocycles. The van der Waals surface area contributed by atoms with Crippen LogP contribution in [0.2, 0.25) is 5.28 Å². The zero-order valence-corrected chi connectivity index (χ0v) is 11.8. The highest BCUT2D eigenvalue weighted by Crippen LogP contribution is 2.12. The summed E-state index contributed by atoms with van der Waals surface area (Å²) >= 11 is 5.80. The molecule has 2 aromatic rings. The number of hydrogen-bond acceptors (Lipinski definition) is 6. The van der Waals surface area contributed by atoms with Crippen LogP contribution in [0.1, 0.15) is 18.1 Å². The third-order valence-corrected chi connectivity index (χ3v) is 2.69. The fraction of sp³-hybridized carbons (Fsp3) is 0.308. The third kappa shape index (κ3) is 4.04. The maximum absolute atomic E-state index is 8.98. The van der Waals surface area contributed by atoms with Crippen molar-refractivity contribution in [1.29, 1.82) is 0 Å². The first-order chi connectivity index (χ1) is 9.71. The van der Waals surface area contributed by atoms with Gasteiger partial charge in [-0.25, -0.2) is 0 Å². The van der Waals surface area contributed by atoms with Crippen molar-refractivity contribution in [2.75, 3.05) is 11.9 Å². The average Bonchev–Trinajstić information content (AvgIpc) is 2.45. The number of aromatic nitrogens is 3. The van der Waals surface area contributed by atoms with E-state index in [-0.39, 0.29) is 17.9 Å². The van der Waals surface area contributed by atoms with Gasteiger partial charge in [0, 0.05) is 6.54 Å². The smallest absolute Gasteiger partial charge is 0.322 e. The van der Waals surface area contributed by atoms with Gasteiger partial charge >= 0.3 is 6.01 Å². The van der Waals surface area contributed by atoms with E-state index in [1.165, 1.54) is 0 Å². The first kappa shape index (κ1) is 14.5. The minimum atomic E-state index is 0.0362. The van der Waals surface area contributed by atoms with E-state index in [9.17, 15) is 0 Å². The number of aliphatic hydroxyl groups excluding tert-OH is 1. The summed E-state index contributed by atoms with van der Waals surface area (Å²) in [5.74, 6) is 0.361. The molecule has 1 heterocycles. The van der Waals surface area contributed by atoms with Crippen molar-refractivity contribution in [3.8, 4) is 6.01 Å². The molecule has 2 N–H and O–H groups in total. The van der Waals surface area contributed by atoms with Crippen LogP contribution in [0.15, 0.2) is 24.3 Å². The van der Waals surface area contributed by atoms with E-state index in [0.29, 0.717) is 19.1 Å². The van der Waals surface area contributed by atoms with E-state index in [1.54, 1.807) is 0 Å². The summed E-state index contributed by atoms with van der Waals surface area (Å²) in [5, 5.41) is 12.1. The van der Waals surface area contributed by atoms with E-state index in [4.69, 9.17) is 21.4 Å². The van der Waals surface area contributed by atoms with Gasteiger partial charge in [0.1, 0.15) is 0 Å². The Morgan fingerprint density at radius 1 is 1.15 bits per heavy atom. The summed E-state index contributed by atoms with van der Waals surface area (Å²) in [6.45, 7) is 2.88. The van der Waals surface area contributed by atoms with Gasteiger partial charge in [0.05, 0.1) is 13.2 Å². The molecule has 0 spiro atoms. The van der Waals surface area contributed by atoms with Crippen LogP contribution < -0.4 is 10.1 Å². The molecule has 0 aliphatic carbocycles. The van der Waals surface area contributed by atoms with Gasteiger partial charge in [0.25, 0.3) is 0 Å². The quantitative estimate of drug-likeness (QED) is 0.848. The topological polar surface area (TPSA) is 80.2 Å². The molecule has 0 amide bonds. The highest BCUT2D eigenvalue weighted by atomic mass is 35.5. The number of anilines is 1. The Labute approximate surface area is 121 Å². The van der Waals surface area contributed by atoms with Crippen molar-refractivity contribution in [2.24, 2.45) is 0 Å². The number of halogens is 1. The molecule has 0 saturated carbocycles. The highest BCUT2D eigenvalue weighted by Gasteiger charge is 2.05. The Morgan fingerprint density at radius 2 is 1.85 bits per heavy atom. The van der Waals surface area contributed by atoms with Crippen LogP contribution in [0, 0.1) is 0 Å². The van der Waals surface area contributed by atoms with E-state index < -0.39 is 0 Å². The fourth-order valence-corrected chi connectivity index (χ4v) is 1.70. The fourth-order valence-electron chi connectivity index (χ4n) is 1.55. The zero-order chi connectivity index (χ0) is 14.4. The second-order valence-corrected chi connectivity index (χ2v) is 4.31. The maximum atomic E-state index is 8.98. The van der Waals surface area contributed by atoms with Crippen LogP contribution in [0.3, 0.4) is 0 Å².